The molecule has 1 fully saturated rings. The number of rotatable bonds is 5. The van der Waals surface area contributed by atoms with E-state index in [-0.39, 0.29) is 6.10 Å². The number of methoxy groups -OCH3 is 1. The molecule has 1 aliphatic rings. The van der Waals surface area contributed by atoms with Crippen LogP contribution in [0.5, 0.6) is 0 Å². The summed E-state index contributed by atoms with van der Waals surface area (Å²) in [5.74, 6) is 0. The van der Waals surface area contributed by atoms with E-state index in [1.54, 1.807) is 7.11 Å². The highest BCUT2D eigenvalue weighted by Crippen LogP contribution is 2.09. The first-order valence-electron chi connectivity index (χ1n) is 3.55. The Labute approximate surface area is 61.3 Å². The van der Waals surface area contributed by atoms with E-state index in [1.165, 1.54) is 0 Å². The number of epoxide rings is 1. The molecule has 0 aromatic rings. The molecule has 3 heteroatoms. The van der Waals surface area contributed by atoms with Gasteiger partial charge in [0.2, 0.25) is 0 Å². The molecule has 1 aliphatic heterocycles. The minimum Gasteiger partial charge on any atom is -0.382 e. The van der Waals surface area contributed by atoms with Crippen molar-refractivity contribution in [1.82, 2.24) is 0 Å². The molecule has 1 rings (SSSR count). The van der Waals surface area contributed by atoms with Crippen LogP contribution in [0.15, 0.2) is 0 Å². The van der Waals surface area contributed by atoms with Gasteiger partial charge < -0.3 is 14.2 Å². The molecule has 0 amide bonds. The normalized spacial score (nSPS) is 26.4. The van der Waals surface area contributed by atoms with Gasteiger partial charge in [0.25, 0.3) is 0 Å². The van der Waals surface area contributed by atoms with Crippen molar-refractivity contribution in [2.75, 3.05) is 26.9 Å². The van der Waals surface area contributed by atoms with Crippen molar-refractivity contribution in [2.24, 2.45) is 0 Å². The maximum absolute atomic E-state index is 5.36. The van der Waals surface area contributed by atoms with E-state index in [2.05, 4.69) is 0 Å². The fourth-order valence-corrected chi connectivity index (χ4v) is 0.719. The number of hydrogen-bond acceptors (Lipinski definition) is 3. The minimum absolute atomic E-state index is 0.189. The zero-order valence-corrected chi connectivity index (χ0v) is 6.50. The Hall–Kier alpha value is -0.120. The van der Waals surface area contributed by atoms with E-state index in [0.29, 0.717) is 19.3 Å². The van der Waals surface area contributed by atoms with Crippen molar-refractivity contribution in [2.45, 2.75) is 19.1 Å². The van der Waals surface area contributed by atoms with Crippen LogP contribution in [-0.2, 0) is 14.2 Å². The summed E-state index contributed by atoms with van der Waals surface area (Å²) in [4.78, 5) is 0. The Morgan fingerprint density at radius 3 is 2.90 bits per heavy atom. The highest BCUT2D eigenvalue weighted by atomic mass is 16.6. The van der Waals surface area contributed by atoms with Crippen molar-refractivity contribution in [3.63, 3.8) is 0 Å². The second-order valence-corrected chi connectivity index (χ2v) is 2.55. The number of hydrogen-bond donors (Lipinski definition) is 0. The molecule has 1 saturated heterocycles. The molecule has 0 saturated carbocycles. The Bertz CT molecular complexity index is 90.9. The summed E-state index contributed by atoms with van der Waals surface area (Å²) < 4.78 is 15.2. The van der Waals surface area contributed by atoms with Gasteiger partial charge in [0.1, 0.15) is 6.10 Å². The highest BCUT2D eigenvalue weighted by Gasteiger charge is 2.23. The lowest BCUT2D eigenvalue weighted by molar-refractivity contribution is 0.00298. The van der Waals surface area contributed by atoms with Crippen LogP contribution in [0.2, 0.25) is 0 Å². The van der Waals surface area contributed by atoms with Crippen molar-refractivity contribution in [3.05, 3.63) is 0 Å². The zero-order chi connectivity index (χ0) is 7.40. The van der Waals surface area contributed by atoms with Crippen LogP contribution in [-0.4, -0.2) is 39.1 Å². The van der Waals surface area contributed by atoms with Gasteiger partial charge in [-0.3, -0.25) is 0 Å². The van der Waals surface area contributed by atoms with Gasteiger partial charge in [0.05, 0.1) is 25.9 Å². The van der Waals surface area contributed by atoms with Crippen LogP contribution in [0.3, 0.4) is 0 Å². The predicted molar refractivity (Wildman–Crippen MR) is 37.0 cm³/mol. The van der Waals surface area contributed by atoms with Gasteiger partial charge in [-0.05, 0) is 6.92 Å². The van der Waals surface area contributed by atoms with Crippen LogP contribution >= 0.6 is 0 Å². The molecule has 0 aromatic heterocycles. The first-order chi connectivity index (χ1) is 4.83. The molecule has 3 nitrogen and oxygen atoms in total. The Morgan fingerprint density at radius 1 is 1.70 bits per heavy atom. The van der Waals surface area contributed by atoms with Gasteiger partial charge in [-0.1, -0.05) is 0 Å². The largest absolute Gasteiger partial charge is 0.382 e. The van der Waals surface area contributed by atoms with Crippen molar-refractivity contribution in [3.8, 4) is 0 Å². The first-order valence-corrected chi connectivity index (χ1v) is 3.55. The van der Waals surface area contributed by atoms with E-state index in [9.17, 15) is 0 Å². The molecule has 0 aliphatic carbocycles. The highest BCUT2D eigenvalue weighted by molar-refractivity contribution is 4.67. The molecule has 0 radical (unpaired) electrons. The summed E-state index contributed by atoms with van der Waals surface area (Å²) in [6.07, 6.45) is 0.550. The van der Waals surface area contributed by atoms with Crippen LogP contribution in [0.4, 0.5) is 0 Å². The molecule has 2 atom stereocenters. The van der Waals surface area contributed by atoms with E-state index in [4.69, 9.17) is 14.2 Å². The lowest BCUT2D eigenvalue weighted by Crippen LogP contribution is -2.17. The van der Waals surface area contributed by atoms with E-state index < -0.39 is 0 Å². The maximum Gasteiger partial charge on any atom is 0.104 e. The average Bonchev–Trinajstić information content (AvgIpc) is 2.67. The smallest absolute Gasteiger partial charge is 0.104 e. The number of ether oxygens (including phenoxy) is 3. The molecule has 0 bridgehead atoms. The van der Waals surface area contributed by atoms with Gasteiger partial charge in [-0.2, -0.15) is 0 Å². The van der Waals surface area contributed by atoms with E-state index >= 15 is 0 Å². The summed E-state index contributed by atoms with van der Waals surface area (Å²) in [6, 6.07) is 0. The predicted octanol–water partition coefficient (Wildman–Crippen LogP) is 0.437. The SMILES string of the molecule is COC[C@@H](C)OC[C@@H]1CO1. The summed E-state index contributed by atoms with van der Waals surface area (Å²) in [6.45, 7) is 4.23. The molecular formula is C7H14O3. The maximum atomic E-state index is 5.36. The molecule has 0 aromatic carbocycles. The molecule has 0 spiro atoms. The Kier molecular flexibility index (Phi) is 3.12. The minimum atomic E-state index is 0.189. The van der Waals surface area contributed by atoms with Gasteiger partial charge >= 0.3 is 0 Å². The standard InChI is InChI=1S/C7H14O3/c1-6(3-8-2)9-4-7-5-10-7/h6-7H,3-5H2,1-2H3/t6-,7-/m1/s1. The van der Waals surface area contributed by atoms with E-state index in [0.717, 1.165) is 6.61 Å². The summed E-state index contributed by atoms with van der Waals surface area (Å²) in [5, 5.41) is 0. The third kappa shape index (κ3) is 3.15. The fourth-order valence-electron chi connectivity index (χ4n) is 0.719. The first kappa shape index (κ1) is 7.98. The van der Waals surface area contributed by atoms with Crippen LogP contribution in [0, 0.1) is 0 Å². The molecule has 0 N–H and O–H groups in total. The Morgan fingerprint density at radius 2 is 2.40 bits per heavy atom. The van der Waals surface area contributed by atoms with Crippen LogP contribution in [0.25, 0.3) is 0 Å². The van der Waals surface area contributed by atoms with Gasteiger partial charge in [-0.15, -0.1) is 0 Å². The van der Waals surface area contributed by atoms with Gasteiger partial charge in [-0.25, -0.2) is 0 Å². The monoisotopic (exact) mass is 146 g/mol. The molecule has 0 unspecified atom stereocenters. The fraction of sp³-hybridized carbons (Fsp3) is 1.00. The van der Waals surface area contributed by atoms with Gasteiger partial charge in [0.15, 0.2) is 0 Å². The molecule has 1 heterocycles. The summed E-state index contributed by atoms with van der Waals surface area (Å²) >= 11 is 0. The lowest BCUT2D eigenvalue weighted by Gasteiger charge is -2.09. The zero-order valence-electron chi connectivity index (χ0n) is 6.50. The second kappa shape index (κ2) is 3.91. The van der Waals surface area contributed by atoms with E-state index in [1.807, 2.05) is 6.92 Å². The third-order valence-electron chi connectivity index (χ3n) is 1.37. The third-order valence-corrected chi connectivity index (χ3v) is 1.37. The van der Waals surface area contributed by atoms with Crippen molar-refractivity contribution in [1.29, 1.82) is 0 Å². The summed E-state index contributed by atoms with van der Waals surface area (Å²) in [5.41, 5.74) is 0. The molecular weight excluding hydrogens is 132 g/mol. The summed E-state index contributed by atoms with van der Waals surface area (Å²) in [7, 11) is 1.67. The van der Waals surface area contributed by atoms with Gasteiger partial charge in [0, 0.05) is 7.11 Å². The van der Waals surface area contributed by atoms with Crippen LogP contribution < -0.4 is 0 Å². The van der Waals surface area contributed by atoms with Crippen molar-refractivity contribution < 1.29 is 14.2 Å². The average molecular weight is 146 g/mol. The molecule has 10 heavy (non-hydrogen) atoms. The van der Waals surface area contributed by atoms with Crippen molar-refractivity contribution >= 4 is 0 Å². The Balaban J connectivity index is 1.89. The quantitative estimate of drug-likeness (QED) is 0.527. The topological polar surface area (TPSA) is 31.0 Å². The second-order valence-electron chi connectivity index (χ2n) is 2.55. The lowest BCUT2D eigenvalue weighted by atomic mass is 10.4. The molecule has 60 valence electrons. The van der Waals surface area contributed by atoms with Crippen LogP contribution in [0.1, 0.15) is 6.92 Å².